The Hall–Kier alpha value is -3.34. The van der Waals surface area contributed by atoms with Crippen LogP contribution >= 0.6 is 0 Å². The second-order valence-electron chi connectivity index (χ2n) is 7.36. The Balaban J connectivity index is 1.48. The summed E-state index contributed by atoms with van der Waals surface area (Å²) >= 11 is 0. The number of rotatable bonds is 2. The van der Waals surface area contributed by atoms with Crippen LogP contribution in [-0.2, 0) is 4.79 Å². The second-order valence-corrected chi connectivity index (χ2v) is 7.36. The van der Waals surface area contributed by atoms with Gasteiger partial charge in [0.25, 0.3) is 5.91 Å². The highest BCUT2D eigenvalue weighted by Gasteiger charge is 2.33. The van der Waals surface area contributed by atoms with Gasteiger partial charge in [0.2, 0.25) is 0 Å². The molecule has 1 N–H and O–H groups in total. The summed E-state index contributed by atoms with van der Waals surface area (Å²) in [4.78, 5) is 23.4. The number of amides is 1. The molecule has 1 fully saturated rings. The van der Waals surface area contributed by atoms with Gasteiger partial charge in [-0.3, -0.25) is 4.79 Å². The summed E-state index contributed by atoms with van der Waals surface area (Å²) in [5, 5.41) is 0. The number of H-pyrrole nitrogens is 1. The maximum absolute atomic E-state index is 13.3. The van der Waals surface area contributed by atoms with E-state index in [1.165, 1.54) is 5.56 Å². The molecule has 1 atom stereocenters. The van der Waals surface area contributed by atoms with Crippen molar-refractivity contribution in [2.75, 3.05) is 6.54 Å². The third kappa shape index (κ3) is 2.89. The van der Waals surface area contributed by atoms with Crippen molar-refractivity contribution in [2.45, 2.75) is 25.8 Å². The Kier molecular flexibility index (Phi) is 4.01. The number of aryl methyl sites for hydroxylation is 1. The SMILES string of the molecule is Cc1ccc2nc([C@H]3CCCN3C(=O)C3=Cc4ccccc4OC=C3)[nH]c2c1. The molecule has 140 valence electrons. The molecule has 0 unspecified atom stereocenters. The van der Waals surface area contributed by atoms with Crippen LogP contribution in [0, 0.1) is 6.92 Å². The first-order chi connectivity index (χ1) is 13.7. The molecule has 1 amide bonds. The number of aromatic nitrogens is 2. The fourth-order valence-electron chi connectivity index (χ4n) is 4.00. The first kappa shape index (κ1) is 16.8. The molecular formula is C23H21N3O2. The molecule has 3 aromatic rings. The maximum atomic E-state index is 13.3. The Labute approximate surface area is 163 Å². The molecule has 0 aliphatic carbocycles. The predicted octanol–water partition coefficient (Wildman–Crippen LogP) is 4.52. The number of ether oxygens (including phenoxy) is 1. The monoisotopic (exact) mass is 371 g/mol. The zero-order chi connectivity index (χ0) is 19.1. The van der Waals surface area contributed by atoms with Gasteiger partial charge < -0.3 is 14.6 Å². The number of aromatic amines is 1. The number of hydrogen-bond donors (Lipinski definition) is 1. The van der Waals surface area contributed by atoms with Crippen LogP contribution in [0.3, 0.4) is 0 Å². The van der Waals surface area contributed by atoms with Crippen LogP contribution in [0.5, 0.6) is 5.75 Å². The summed E-state index contributed by atoms with van der Waals surface area (Å²) in [6, 6.07) is 13.9. The minimum absolute atomic E-state index is 0.00990. The van der Waals surface area contributed by atoms with Gasteiger partial charge in [0, 0.05) is 17.7 Å². The Morgan fingerprint density at radius 2 is 2.14 bits per heavy atom. The summed E-state index contributed by atoms with van der Waals surface area (Å²) in [6.07, 6.45) is 7.12. The fourth-order valence-corrected chi connectivity index (χ4v) is 4.00. The van der Waals surface area contributed by atoms with Crippen LogP contribution in [0.1, 0.15) is 35.8 Å². The quantitative estimate of drug-likeness (QED) is 0.720. The van der Waals surface area contributed by atoms with Crippen molar-refractivity contribution in [1.29, 1.82) is 0 Å². The van der Waals surface area contributed by atoms with Gasteiger partial charge in [-0.2, -0.15) is 0 Å². The number of likely N-dealkylation sites (tertiary alicyclic amines) is 1. The van der Waals surface area contributed by atoms with Crippen LogP contribution in [0.2, 0.25) is 0 Å². The molecule has 5 heteroatoms. The molecule has 0 bridgehead atoms. The van der Waals surface area contributed by atoms with Crippen LogP contribution in [-0.4, -0.2) is 27.3 Å². The predicted molar refractivity (Wildman–Crippen MR) is 109 cm³/mol. The van der Waals surface area contributed by atoms with Gasteiger partial charge in [0.05, 0.1) is 23.3 Å². The van der Waals surface area contributed by atoms with E-state index < -0.39 is 0 Å². The van der Waals surface area contributed by atoms with Gasteiger partial charge in [0.15, 0.2) is 0 Å². The third-order valence-electron chi connectivity index (χ3n) is 5.40. The van der Waals surface area contributed by atoms with E-state index in [1.807, 2.05) is 41.3 Å². The lowest BCUT2D eigenvalue weighted by Crippen LogP contribution is -2.31. The van der Waals surface area contributed by atoms with E-state index in [0.29, 0.717) is 5.57 Å². The van der Waals surface area contributed by atoms with Gasteiger partial charge in [-0.15, -0.1) is 0 Å². The van der Waals surface area contributed by atoms with E-state index in [2.05, 4.69) is 24.0 Å². The van der Waals surface area contributed by atoms with Crippen molar-refractivity contribution in [3.05, 3.63) is 77.3 Å². The average Bonchev–Trinajstić information content (AvgIpc) is 3.28. The van der Waals surface area contributed by atoms with E-state index in [0.717, 1.165) is 47.6 Å². The number of carbonyl (C=O) groups is 1. The maximum Gasteiger partial charge on any atom is 0.254 e. The summed E-state index contributed by atoms with van der Waals surface area (Å²) in [6.45, 7) is 2.80. The molecule has 1 saturated heterocycles. The number of hydrogen-bond acceptors (Lipinski definition) is 3. The molecule has 0 radical (unpaired) electrons. The van der Waals surface area contributed by atoms with E-state index in [1.54, 1.807) is 12.3 Å². The van der Waals surface area contributed by atoms with Crippen LogP contribution < -0.4 is 4.74 Å². The zero-order valence-electron chi connectivity index (χ0n) is 15.7. The van der Waals surface area contributed by atoms with E-state index in [9.17, 15) is 4.79 Å². The Morgan fingerprint density at radius 3 is 3.07 bits per heavy atom. The number of nitrogens with one attached hydrogen (secondary N) is 1. The van der Waals surface area contributed by atoms with Crippen molar-refractivity contribution in [3.63, 3.8) is 0 Å². The first-order valence-corrected chi connectivity index (χ1v) is 9.60. The van der Waals surface area contributed by atoms with Crippen molar-refractivity contribution in [3.8, 4) is 5.75 Å². The van der Waals surface area contributed by atoms with E-state index in [-0.39, 0.29) is 11.9 Å². The Morgan fingerprint density at radius 1 is 1.25 bits per heavy atom. The van der Waals surface area contributed by atoms with Gasteiger partial charge in [0.1, 0.15) is 11.6 Å². The highest BCUT2D eigenvalue weighted by atomic mass is 16.5. The van der Waals surface area contributed by atoms with Crippen LogP contribution in [0.4, 0.5) is 0 Å². The van der Waals surface area contributed by atoms with Gasteiger partial charge in [-0.05, 0) is 55.7 Å². The number of para-hydroxylation sites is 1. The van der Waals surface area contributed by atoms with Gasteiger partial charge in [-0.1, -0.05) is 24.3 Å². The zero-order valence-corrected chi connectivity index (χ0v) is 15.7. The van der Waals surface area contributed by atoms with Crippen molar-refractivity contribution < 1.29 is 9.53 Å². The highest BCUT2D eigenvalue weighted by Crippen LogP contribution is 2.34. The normalized spacial score (nSPS) is 18.5. The molecule has 0 saturated carbocycles. The molecule has 5 rings (SSSR count). The summed E-state index contributed by atoms with van der Waals surface area (Å²) in [5.74, 6) is 1.63. The number of fused-ring (bicyclic) bond motifs is 2. The van der Waals surface area contributed by atoms with Crippen molar-refractivity contribution in [1.82, 2.24) is 14.9 Å². The topological polar surface area (TPSA) is 58.2 Å². The lowest BCUT2D eigenvalue weighted by atomic mass is 10.1. The third-order valence-corrected chi connectivity index (χ3v) is 5.40. The van der Waals surface area contributed by atoms with Gasteiger partial charge in [-0.25, -0.2) is 4.98 Å². The van der Waals surface area contributed by atoms with Crippen LogP contribution in [0.25, 0.3) is 17.1 Å². The minimum atomic E-state index is -0.0334. The summed E-state index contributed by atoms with van der Waals surface area (Å²) < 4.78 is 5.63. The standard InChI is InChI=1S/C23H21N3O2/c1-15-8-9-18-19(13-15)25-22(24-18)20-6-4-11-26(20)23(27)17-10-12-28-21-7-3-2-5-16(21)14-17/h2-3,5,7-10,12-14,20H,4,6,11H2,1H3,(H,24,25)/t20-/m1/s1. The molecular weight excluding hydrogens is 350 g/mol. The number of benzene rings is 2. The second kappa shape index (κ2) is 6.68. The largest absolute Gasteiger partial charge is 0.464 e. The fraction of sp³-hybridized carbons (Fsp3) is 0.217. The molecule has 28 heavy (non-hydrogen) atoms. The van der Waals surface area contributed by atoms with Gasteiger partial charge >= 0.3 is 0 Å². The molecule has 2 aliphatic rings. The number of imidazole rings is 1. The van der Waals surface area contributed by atoms with Crippen LogP contribution in [0.15, 0.2) is 60.4 Å². The molecule has 3 heterocycles. The molecule has 2 aromatic carbocycles. The van der Waals surface area contributed by atoms with Crippen molar-refractivity contribution >= 4 is 23.0 Å². The first-order valence-electron chi connectivity index (χ1n) is 9.60. The molecule has 2 aliphatic heterocycles. The average molecular weight is 371 g/mol. The van der Waals surface area contributed by atoms with Crippen molar-refractivity contribution in [2.24, 2.45) is 0 Å². The van der Waals surface area contributed by atoms with E-state index in [4.69, 9.17) is 9.72 Å². The summed E-state index contributed by atoms with van der Waals surface area (Å²) in [5.41, 5.74) is 4.69. The lowest BCUT2D eigenvalue weighted by molar-refractivity contribution is -0.127. The molecule has 1 aromatic heterocycles. The van der Waals surface area contributed by atoms with E-state index >= 15 is 0 Å². The lowest BCUT2D eigenvalue weighted by Gasteiger charge is -2.23. The molecule has 0 spiro atoms. The number of carbonyl (C=O) groups excluding carboxylic acids is 1. The summed E-state index contributed by atoms with van der Waals surface area (Å²) in [7, 11) is 0. The molecule has 5 nitrogen and oxygen atoms in total. The Bertz CT molecular complexity index is 1130. The highest BCUT2D eigenvalue weighted by molar-refractivity contribution is 6.01. The minimum Gasteiger partial charge on any atom is -0.464 e. The number of nitrogens with zero attached hydrogens (tertiary/aromatic N) is 2. The smallest absolute Gasteiger partial charge is 0.254 e.